The molecule has 3 aromatic rings. The van der Waals surface area contributed by atoms with Gasteiger partial charge in [0.15, 0.2) is 0 Å². The van der Waals surface area contributed by atoms with Crippen molar-refractivity contribution in [1.82, 2.24) is 15.0 Å². The summed E-state index contributed by atoms with van der Waals surface area (Å²) in [5.74, 6) is 2.42. The van der Waals surface area contributed by atoms with E-state index in [4.69, 9.17) is 9.72 Å². The highest BCUT2D eigenvalue weighted by Gasteiger charge is 2.24. The topological polar surface area (TPSA) is 51.1 Å². The molecule has 1 aliphatic rings. The fourth-order valence-electron chi connectivity index (χ4n) is 3.42. The standard InChI is InChI=1S/C20H22N4OS/c1-14-11-19(22-13-21-14)24-9-7-15(8-10-24)20-23-17(12-26-20)16-5-3-4-6-18(16)25-2/h3-6,11-13,15H,7-10H2,1-2H3. The van der Waals surface area contributed by atoms with Crippen LogP contribution in [0.1, 0.15) is 29.5 Å². The van der Waals surface area contributed by atoms with E-state index in [1.54, 1.807) is 24.8 Å². The lowest BCUT2D eigenvalue weighted by molar-refractivity contribution is 0.416. The number of benzene rings is 1. The Balaban J connectivity index is 1.46. The van der Waals surface area contributed by atoms with Crippen molar-refractivity contribution in [3.8, 4) is 17.0 Å². The Morgan fingerprint density at radius 1 is 1.15 bits per heavy atom. The van der Waals surface area contributed by atoms with E-state index in [1.165, 1.54) is 5.01 Å². The molecular weight excluding hydrogens is 344 g/mol. The van der Waals surface area contributed by atoms with E-state index in [-0.39, 0.29) is 0 Å². The number of aromatic nitrogens is 3. The number of anilines is 1. The van der Waals surface area contributed by atoms with Gasteiger partial charge in [-0.15, -0.1) is 11.3 Å². The van der Waals surface area contributed by atoms with Crippen LogP contribution in [0.4, 0.5) is 5.82 Å². The fraction of sp³-hybridized carbons (Fsp3) is 0.350. The lowest BCUT2D eigenvalue weighted by atomic mass is 9.97. The molecule has 1 saturated heterocycles. The van der Waals surface area contributed by atoms with Gasteiger partial charge in [0.25, 0.3) is 0 Å². The molecule has 6 heteroatoms. The molecule has 1 aromatic carbocycles. The second kappa shape index (κ2) is 7.41. The molecule has 4 rings (SSSR count). The van der Waals surface area contributed by atoms with Crippen LogP contribution in [0.15, 0.2) is 42.0 Å². The van der Waals surface area contributed by atoms with Crippen LogP contribution in [-0.2, 0) is 0 Å². The van der Waals surface area contributed by atoms with Gasteiger partial charge < -0.3 is 9.64 Å². The third kappa shape index (κ3) is 3.42. The van der Waals surface area contributed by atoms with Gasteiger partial charge in [0, 0.05) is 41.7 Å². The molecule has 1 fully saturated rings. The Bertz CT molecular complexity index is 887. The van der Waals surface area contributed by atoms with Gasteiger partial charge in [-0.1, -0.05) is 12.1 Å². The number of hydrogen-bond donors (Lipinski definition) is 0. The number of piperidine rings is 1. The summed E-state index contributed by atoms with van der Waals surface area (Å²) in [6, 6.07) is 10.1. The number of rotatable bonds is 4. The Hall–Kier alpha value is -2.47. The van der Waals surface area contributed by atoms with Crippen molar-refractivity contribution in [2.45, 2.75) is 25.7 Å². The second-order valence-electron chi connectivity index (χ2n) is 6.55. The maximum atomic E-state index is 5.47. The number of aryl methyl sites for hydroxylation is 1. The maximum Gasteiger partial charge on any atom is 0.132 e. The highest BCUT2D eigenvalue weighted by molar-refractivity contribution is 7.10. The number of methoxy groups -OCH3 is 1. The first kappa shape index (κ1) is 17.0. The molecule has 0 spiro atoms. The number of hydrogen-bond acceptors (Lipinski definition) is 6. The van der Waals surface area contributed by atoms with Crippen LogP contribution in [0.5, 0.6) is 5.75 Å². The highest BCUT2D eigenvalue weighted by atomic mass is 32.1. The van der Waals surface area contributed by atoms with Gasteiger partial charge in [-0.2, -0.15) is 0 Å². The average molecular weight is 366 g/mol. The monoisotopic (exact) mass is 366 g/mol. The lowest BCUT2D eigenvalue weighted by Crippen LogP contribution is -2.33. The van der Waals surface area contributed by atoms with Crippen molar-refractivity contribution in [2.75, 3.05) is 25.1 Å². The van der Waals surface area contributed by atoms with Gasteiger partial charge in [0.05, 0.1) is 17.8 Å². The van der Waals surface area contributed by atoms with E-state index in [0.29, 0.717) is 5.92 Å². The van der Waals surface area contributed by atoms with Gasteiger partial charge in [-0.25, -0.2) is 15.0 Å². The number of thiazole rings is 1. The SMILES string of the molecule is COc1ccccc1-c1csc(C2CCN(c3cc(C)ncn3)CC2)n1. The molecule has 0 aliphatic carbocycles. The van der Waals surface area contributed by atoms with Crippen molar-refractivity contribution in [3.63, 3.8) is 0 Å². The highest BCUT2D eigenvalue weighted by Crippen LogP contribution is 2.36. The Kier molecular flexibility index (Phi) is 4.84. The summed E-state index contributed by atoms with van der Waals surface area (Å²) in [6.45, 7) is 4.02. The fourth-order valence-corrected chi connectivity index (χ4v) is 4.42. The molecule has 0 unspecified atom stereocenters. The molecule has 26 heavy (non-hydrogen) atoms. The average Bonchev–Trinajstić information content (AvgIpc) is 3.18. The quantitative estimate of drug-likeness (QED) is 0.689. The number of nitrogens with zero attached hydrogens (tertiary/aromatic N) is 4. The van der Waals surface area contributed by atoms with Crippen molar-refractivity contribution < 1.29 is 4.74 Å². The van der Waals surface area contributed by atoms with Crippen LogP contribution in [0.2, 0.25) is 0 Å². The van der Waals surface area contributed by atoms with Crippen molar-refractivity contribution in [2.24, 2.45) is 0 Å². The molecule has 2 aromatic heterocycles. The molecule has 3 heterocycles. The maximum absolute atomic E-state index is 5.47. The van der Waals surface area contributed by atoms with Gasteiger partial charge in [-0.05, 0) is 31.9 Å². The summed E-state index contributed by atoms with van der Waals surface area (Å²) >= 11 is 1.76. The van der Waals surface area contributed by atoms with E-state index in [1.807, 2.05) is 25.1 Å². The van der Waals surface area contributed by atoms with Crippen LogP contribution in [0.3, 0.4) is 0 Å². The molecular formula is C20H22N4OS. The minimum atomic E-state index is 0.516. The molecule has 5 nitrogen and oxygen atoms in total. The Labute approximate surface area is 157 Å². The van der Waals surface area contributed by atoms with E-state index < -0.39 is 0 Å². The van der Waals surface area contributed by atoms with E-state index in [0.717, 1.165) is 54.4 Å². The van der Waals surface area contributed by atoms with Crippen molar-refractivity contribution >= 4 is 17.2 Å². The summed E-state index contributed by atoms with van der Waals surface area (Å²) in [6.07, 6.45) is 3.85. The van der Waals surface area contributed by atoms with Gasteiger partial charge in [0.1, 0.15) is 17.9 Å². The van der Waals surface area contributed by atoms with Gasteiger partial charge >= 0.3 is 0 Å². The Morgan fingerprint density at radius 3 is 2.73 bits per heavy atom. The first-order valence-electron chi connectivity index (χ1n) is 8.87. The van der Waals surface area contributed by atoms with Gasteiger partial charge in [0.2, 0.25) is 0 Å². The third-order valence-corrected chi connectivity index (χ3v) is 5.87. The summed E-state index contributed by atoms with van der Waals surface area (Å²) in [4.78, 5) is 15.9. The van der Waals surface area contributed by atoms with Crippen LogP contribution in [0, 0.1) is 6.92 Å². The second-order valence-corrected chi connectivity index (χ2v) is 7.44. The first-order valence-corrected chi connectivity index (χ1v) is 9.75. The summed E-state index contributed by atoms with van der Waals surface area (Å²) in [7, 11) is 1.71. The molecule has 0 radical (unpaired) electrons. The largest absolute Gasteiger partial charge is 0.496 e. The number of ether oxygens (including phenoxy) is 1. The molecule has 0 N–H and O–H groups in total. The third-order valence-electron chi connectivity index (χ3n) is 4.86. The van der Waals surface area contributed by atoms with E-state index >= 15 is 0 Å². The van der Waals surface area contributed by atoms with Crippen LogP contribution >= 0.6 is 11.3 Å². The zero-order valence-corrected chi connectivity index (χ0v) is 15.9. The van der Waals surface area contributed by atoms with Crippen LogP contribution in [0.25, 0.3) is 11.3 Å². The lowest BCUT2D eigenvalue weighted by Gasteiger charge is -2.31. The molecule has 1 aliphatic heterocycles. The smallest absolute Gasteiger partial charge is 0.132 e. The zero-order valence-electron chi connectivity index (χ0n) is 15.1. The summed E-state index contributed by atoms with van der Waals surface area (Å²) in [5.41, 5.74) is 3.08. The van der Waals surface area contributed by atoms with Crippen LogP contribution in [-0.4, -0.2) is 35.2 Å². The van der Waals surface area contributed by atoms with Gasteiger partial charge in [-0.3, -0.25) is 0 Å². The minimum absolute atomic E-state index is 0.516. The predicted octanol–water partition coefficient (Wildman–Crippen LogP) is 4.30. The minimum Gasteiger partial charge on any atom is -0.496 e. The Morgan fingerprint density at radius 2 is 1.96 bits per heavy atom. The molecule has 0 bridgehead atoms. The molecule has 0 amide bonds. The summed E-state index contributed by atoms with van der Waals surface area (Å²) in [5, 5.41) is 3.37. The zero-order chi connectivity index (χ0) is 17.9. The summed E-state index contributed by atoms with van der Waals surface area (Å²) < 4.78 is 5.47. The van der Waals surface area contributed by atoms with Crippen LogP contribution < -0.4 is 9.64 Å². The normalized spacial score (nSPS) is 15.2. The van der Waals surface area contributed by atoms with E-state index in [9.17, 15) is 0 Å². The van der Waals surface area contributed by atoms with Crippen molar-refractivity contribution in [1.29, 1.82) is 0 Å². The first-order chi connectivity index (χ1) is 12.7. The van der Waals surface area contributed by atoms with Crippen molar-refractivity contribution in [3.05, 3.63) is 52.7 Å². The molecule has 134 valence electrons. The predicted molar refractivity (Wildman–Crippen MR) is 105 cm³/mol. The molecule has 0 atom stereocenters. The molecule has 0 saturated carbocycles. The number of para-hydroxylation sites is 1. The van der Waals surface area contributed by atoms with E-state index in [2.05, 4.69) is 32.4 Å².